The van der Waals surface area contributed by atoms with E-state index in [1.54, 1.807) is 0 Å². The number of nitro benzene ring substituents is 1. The summed E-state index contributed by atoms with van der Waals surface area (Å²) in [5.41, 5.74) is -1.75. The maximum atomic E-state index is 13.9. The van der Waals surface area contributed by atoms with Crippen molar-refractivity contribution in [2.75, 3.05) is 0 Å². The van der Waals surface area contributed by atoms with Gasteiger partial charge in [0, 0.05) is 6.04 Å². The molecule has 0 saturated heterocycles. The summed E-state index contributed by atoms with van der Waals surface area (Å²) >= 11 is 6.08. The van der Waals surface area contributed by atoms with Crippen molar-refractivity contribution in [3.8, 4) is 0 Å². The predicted octanol–water partition coefficient (Wildman–Crippen LogP) is 3.15. The van der Waals surface area contributed by atoms with Crippen LogP contribution in [0.2, 0.25) is 0 Å². The molecular formula is C13H13ClF2N2O3. The van der Waals surface area contributed by atoms with Crippen LogP contribution in [0.4, 0.5) is 14.5 Å². The largest absolute Gasteiger partial charge is 0.348 e. The number of hydrogen-bond acceptors (Lipinski definition) is 3. The monoisotopic (exact) mass is 318 g/mol. The predicted molar refractivity (Wildman–Crippen MR) is 72.4 cm³/mol. The van der Waals surface area contributed by atoms with Gasteiger partial charge in [-0.1, -0.05) is 12.8 Å². The number of halogens is 3. The van der Waals surface area contributed by atoms with Crippen molar-refractivity contribution in [3.05, 3.63) is 39.4 Å². The molecule has 1 aliphatic carbocycles. The topological polar surface area (TPSA) is 72.2 Å². The van der Waals surface area contributed by atoms with E-state index in [1.165, 1.54) is 0 Å². The van der Waals surface area contributed by atoms with Crippen LogP contribution in [0.5, 0.6) is 0 Å². The van der Waals surface area contributed by atoms with E-state index in [0.29, 0.717) is 18.6 Å². The Morgan fingerprint density at radius 1 is 1.33 bits per heavy atom. The number of nitro groups is 1. The van der Waals surface area contributed by atoms with Gasteiger partial charge in [-0.25, -0.2) is 4.39 Å². The third-order valence-electron chi connectivity index (χ3n) is 3.46. The fraction of sp³-hybridized carbons (Fsp3) is 0.462. The molecule has 0 aromatic heterocycles. The Morgan fingerprint density at radius 3 is 2.62 bits per heavy atom. The van der Waals surface area contributed by atoms with Gasteiger partial charge >= 0.3 is 5.69 Å². The molecule has 1 aromatic carbocycles. The van der Waals surface area contributed by atoms with Gasteiger partial charge < -0.3 is 5.32 Å². The Bertz CT molecular complexity index is 583. The van der Waals surface area contributed by atoms with Crippen molar-refractivity contribution in [1.29, 1.82) is 0 Å². The van der Waals surface area contributed by atoms with Crippen LogP contribution in [0.15, 0.2) is 12.1 Å². The molecule has 0 heterocycles. The minimum atomic E-state index is -1.35. The lowest BCUT2D eigenvalue weighted by Crippen LogP contribution is -2.43. The molecule has 0 spiro atoms. The number of hydrogen-bond donors (Lipinski definition) is 1. The number of nitrogens with one attached hydrogen (secondary N) is 1. The van der Waals surface area contributed by atoms with E-state index in [-0.39, 0.29) is 11.4 Å². The summed E-state index contributed by atoms with van der Waals surface area (Å²) in [6, 6.07) is 0.732. The van der Waals surface area contributed by atoms with E-state index in [2.05, 4.69) is 5.32 Å². The summed E-state index contributed by atoms with van der Waals surface area (Å²) in [5.74, 6) is -3.28. The normalized spacial score (nSPS) is 21.9. The highest BCUT2D eigenvalue weighted by atomic mass is 35.5. The number of rotatable bonds is 3. The first-order valence-corrected chi connectivity index (χ1v) is 6.92. The van der Waals surface area contributed by atoms with Gasteiger partial charge in [-0.15, -0.1) is 11.6 Å². The third kappa shape index (κ3) is 3.47. The molecule has 2 unspecified atom stereocenters. The van der Waals surface area contributed by atoms with E-state index in [1.807, 2.05) is 0 Å². The van der Waals surface area contributed by atoms with Crippen LogP contribution in [0.3, 0.4) is 0 Å². The molecule has 1 N–H and O–H groups in total. The van der Waals surface area contributed by atoms with Crippen molar-refractivity contribution in [3.63, 3.8) is 0 Å². The molecule has 2 rings (SSSR count). The standard InChI is InChI=1S/C13H13ClF2N2O3/c14-9-3-1-2-4-10(9)17-13(19)8-5-7(15)6-11(12(8)16)18(20)21/h5-6,9-10H,1-4H2,(H,17,19). The molecule has 0 aliphatic heterocycles. The molecule has 1 amide bonds. The molecule has 8 heteroatoms. The highest BCUT2D eigenvalue weighted by molar-refractivity contribution is 6.21. The van der Waals surface area contributed by atoms with Gasteiger partial charge in [0.1, 0.15) is 5.82 Å². The van der Waals surface area contributed by atoms with Gasteiger partial charge in [-0.05, 0) is 18.9 Å². The molecule has 0 radical (unpaired) electrons. The fourth-order valence-corrected chi connectivity index (χ4v) is 2.71. The zero-order chi connectivity index (χ0) is 15.6. The van der Waals surface area contributed by atoms with Crippen LogP contribution in [-0.2, 0) is 0 Å². The van der Waals surface area contributed by atoms with E-state index in [4.69, 9.17) is 11.6 Å². The average molecular weight is 319 g/mol. The summed E-state index contributed by atoms with van der Waals surface area (Å²) < 4.78 is 27.2. The molecule has 2 atom stereocenters. The van der Waals surface area contributed by atoms with Crippen molar-refractivity contribution < 1.29 is 18.5 Å². The lowest BCUT2D eigenvalue weighted by atomic mass is 9.94. The van der Waals surface area contributed by atoms with Crippen LogP contribution in [0, 0.1) is 21.7 Å². The molecule has 0 bridgehead atoms. The zero-order valence-corrected chi connectivity index (χ0v) is 11.7. The Labute approximate surface area is 124 Å². The van der Waals surface area contributed by atoms with Gasteiger partial charge in [0.15, 0.2) is 0 Å². The molecule has 1 fully saturated rings. The number of benzene rings is 1. The maximum absolute atomic E-state index is 13.9. The first-order valence-electron chi connectivity index (χ1n) is 6.48. The quantitative estimate of drug-likeness (QED) is 0.528. The van der Waals surface area contributed by atoms with Gasteiger partial charge in [0.25, 0.3) is 5.91 Å². The van der Waals surface area contributed by atoms with Crippen LogP contribution >= 0.6 is 11.6 Å². The van der Waals surface area contributed by atoms with Crippen molar-refractivity contribution in [1.82, 2.24) is 5.32 Å². The Morgan fingerprint density at radius 2 is 2.00 bits per heavy atom. The van der Waals surface area contributed by atoms with E-state index >= 15 is 0 Å². The SMILES string of the molecule is O=C(NC1CCCCC1Cl)c1cc(F)cc([N+](=O)[O-])c1F. The Balaban J connectivity index is 2.24. The van der Waals surface area contributed by atoms with Crippen molar-refractivity contribution in [2.24, 2.45) is 0 Å². The summed E-state index contributed by atoms with van der Waals surface area (Å²) in [5, 5.41) is 12.9. The van der Waals surface area contributed by atoms with Gasteiger partial charge in [0.2, 0.25) is 5.82 Å². The molecule has 1 aromatic rings. The van der Waals surface area contributed by atoms with Crippen LogP contribution in [0.1, 0.15) is 36.0 Å². The number of amides is 1. The number of carbonyl (C=O) groups is 1. The fourth-order valence-electron chi connectivity index (χ4n) is 2.37. The number of nitrogens with zero attached hydrogens (tertiary/aromatic N) is 1. The summed E-state index contributed by atoms with van der Waals surface area (Å²) in [4.78, 5) is 21.6. The lowest BCUT2D eigenvalue weighted by Gasteiger charge is -2.27. The molecule has 1 aliphatic rings. The Hall–Kier alpha value is -1.76. The summed E-state index contributed by atoms with van der Waals surface area (Å²) in [6.45, 7) is 0. The minimum Gasteiger partial charge on any atom is -0.348 e. The van der Waals surface area contributed by atoms with E-state index in [0.717, 1.165) is 19.3 Å². The molecular weight excluding hydrogens is 306 g/mol. The van der Waals surface area contributed by atoms with Gasteiger partial charge in [-0.2, -0.15) is 4.39 Å². The third-order valence-corrected chi connectivity index (χ3v) is 3.98. The van der Waals surface area contributed by atoms with Crippen LogP contribution in [-0.4, -0.2) is 22.2 Å². The molecule has 21 heavy (non-hydrogen) atoms. The zero-order valence-electron chi connectivity index (χ0n) is 10.9. The highest BCUT2D eigenvalue weighted by Gasteiger charge is 2.28. The van der Waals surface area contributed by atoms with E-state index in [9.17, 15) is 23.7 Å². The van der Waals surface area contributed by atoms with Crippen LogP contribution < -0.4 is 5.32 Å². The summed E-state index contributed by atoms with van der Waals surface area (Å²) in [7, 11) is 0. The second kappa shape index (κ2) is 6.34. The number of carbonyl (C=O) groups excluding carboxylic acids is 1. The molecule has 114 valence electrons. The maximum Gasteiger partial charge on any atom is 0.308 e. The van der Waals surface area contributed by atoms with Crippen LogP contribution in [0.25, 0.3) is 0 Å². The summed E-state index contributed by atoms with van der Waals surface area (Å²) in [6.07, 6.45) is 3.18. The van der Waals surface area contributed by atoms with Gasteiger partial charge in [-0.3, -0.25) is 14.9 Å². The van der Waals surface area contributed by atoms with Crippen molar-refractivity contribution >= 4 is 23.2 Å². The highest BCUT2D eigenvalue weighted by Crippen LogP contribution is 2.25. The number of alkyl halides is 1. The van der Waals surface area contributed by atoms with Gasteiger partial charge in [0.05, 0.1) is 21.9 Å². The Kier molecular flexibility index (Phi) is 4.72. The first kappa shape index (κ1) is 15.6. The smallest absolute Gasteiger partial charge is 0.308 e. The van der Waals surface area contributed by atoms with Crippen molar-refractivity contribution in [2.45, 2.75) is 37.1 Å². The molecule has 1 saturated carbocycles. The van der Waals surface area contributed by atoms with E-state index < -0.39 is 33.7 Å². The second-order valence-electron chi connectivity index (χ2n) is 4.92. The lowest BCUT2D eigenvalue weighted by molar-refractivity contribution is -0.387. The minimum absolute atomic E-state index is 0.283. The second-order valence-corrected chi connectivity index (χ2v) is 5.48. The molecule has 5 nitrogen and oxygen atoms in total. The first-order chi connectivity index (χ1) is 9.90. The average Bonchev–Trinajstić information content (AvgIpc) is 2.43.